The molecule has 1 aliphatic heterocycles. The Balaban J connectivity index is 1.44. The Morgan fingerprint density at radius 2 is 2.32 bits per heavy atom. The average Bonchev–Trinajstić information content (AvgIpc) is 2.94. The maximum absolute atomic E-state index is 12.9. The van der Waals surface area contributed by atoms with Crippen LogP contribution in [0.1, 0.15) is 37.4 Å². The van der Waals surface area contributed by atoms with E-state index in [9.17, 15) is 4.79 Å². The number of aromatic nitrogens is 2. The van der Waals surface area contributed by atoms with Crippen LogP contribution in [0, 0.1) is 5.92 Å². The van der Waals surface area contributed by atoms with Crippen LogP contribution in [0.25, 0.3) is 0 Å². The molecule has 0 spiro atoms. The minimum Gasteiger partial charge on any atom is -0.469 e. The number of nitrogens with zero attached hydrogens (tertiary/aromatic N) is 3. The van der Waals surface area contributed by atoms with Gasteiger partial charge in [-0.3, -0.25) is 9.48 Å². The molecule has 2 aliphatic rings. The van der Waals surface area contributed by atoms with E-state index in [1.165, 1.54) is 6.42 Å². The molecule has 5 heteroatoms. The molecule has 0 bridgehead atoms. The minimum absolute atomic E-state index is 0.115. The number of hydrogen-bond donors (Lipinski definition) is 0. The number of carbonyl (C=O) groups is 1. The van der Waals surface area contributed by atoms with Crippen molar-refractivity contribution in [2.75, 3.05) is 6.54 Å². The lowest BCUT2D eigenvalue weighted by Crippen LogP contribution is -2.46. The van der Waals surface area contributed by atoms with E-state index < -0.39 is 0 Å². The molecule has 5 nitrogen and oxygen atoms in total. The summed E-state index contributed by atoms with van der Waals surface area (Å²) < 4.78 is 7.39. The molecular formula is C17H21N3O2. The van der Waals surface area contributed by atoms with Gasteiger partial charge < -0.3 is 9.32 Å². The molecule has 0 radical (unpaired) electrons. The molecule has 2 aromatic rings. The molecule has 2 fully saturated rings. The normalized spacial score (nSPS) is 27.8. The fourth-order valence-corrected chi connectivity index (χ4v) is 3.60. The third-order valence-corrected chi connectivity index (χ3v) is 4.88. The van der Waals surface area contributed by atoms with Crippen molar-refractivity contribution in [1.29, 1.82) is 0 Å². The first-order valence-corrected chi connectivity index (χ1v) is 8.14. The predicted molar refractivity (Wildman–Crippen MR) is 81.1 cm³/mol. The topological polar surface area (TPSA) is 51.3 Å². The van der Waals surface area contributed by atoms with Crippen molar-refractivity contribution in [2.24, 2.45) is 5.92 Å². The van der Waals surface area contributed by atoms with Crippen molar-refractivity contribution in [3.8, 4) is 0 Å². The summed E-state index contributed by atoms with van der Waals surface area (Å²) in [7, 11) is 0. The zero-order valence-electron chi connectivity index (χ0n) is 12.6. The zero-order valence-corrected chi connectivity index (χ0v) is 12.6. The SMILES string of the molecule is O=C([C@@H]1C[C@@H]1c1ccco1)N1CCCC[C@@H]1Cn1cccn1. The number of likely N-dealkylation sites (tertiary alicyclic amines) is 1. The fraction of sp³-hybridized carbons (Fsp3) is 0.529. The second kappa shape index (κ2) is 5.63. The summed E-state index contributed by atoms with van der Waals surface area (Å²) in [6, 6.07) is 6.09. The van der Waals surface area contributed by atoms with E-state index >= 15 is 0 Å². The van der Waals surface area contributed by atoms with Crippen molar-refractivity contribution in [3.05, 3.63) is 42.6 Å². The number of carbonyl (C=O) groups excluding carboxylic acids is 1. The first-order valence-electron chi connectivity index (χ1n) is 8.14. The Morgan fingerprint density at radius 1 is 1.36 bits per heavy atom. The van der Waals surface area contributed by atoms with Crippen LogP contribution in [-0.2, 0) is 11.3 Å². The van der Waals surface area contributed by atoms with Gasteiger partial charge in [-0.15, -0.1) is 0 Å². The third-order valence-electron chi connectivity index (χ3n) is 4.88. The summed E-state index contributed by atoms with van der Waals surface area (Å²) in [6.45, 7) is 1.68. The van der Waals surface area contributed by atoms with E-state index in [1.807, 2.05) is 29.1 Å². The van der Waals surface area contributed by atoms with Crippen molar-refractivity contribution in [1.82, 2.24) is 14.7 Å². The molecule has 1 saturated carbocycles. The summed E-state index contributed by atoms with van der Waals surface area (Å²) in [5.74, 6) is 1.66. The highest BCUT2D eigenvalue weighted by Crippen LogP contribution is 2.49. The van der Waals surface area contributed by atoms with Crippen LogP contribution in [0.4, 0.5) is 0 Å². The number of rotatable bonds is 4. The molecule has 4 rings (SSSR count). The molecular weight excluding hydrogens is 278 g/mol. The average molecular weight is 299 g/mol. The molecule has 2 aromatic heterocycles. The molecule has 0 N–H and O–H groups in total. The first-order chi connectivity index (χ1) is 10.8. The van der Waals surface area contributed by atoms with E-state index in [1.54, 1.807) is 12.5 Å². The van der Waals surface area contributed by atoms with Crippen molar-refractivity contribution in [2.45, 2.75) is 44.2 Å². The number of hydrogen-bond acceptors (Lipinski definition) is 3. The van der Waals surface area contributed by atoms with E-state index in [0.717, 1.165) is 38.1 Å². The van der Waals surface area contributed by atoms with Crippen LogP contribution in [0.3, 0.4) is 0 Å². The molecule has 116 valence electrons. The van der Waals surface area contributed by atoms with Gasteiger partial charge >= 0.3 is 0 Å². The molecule has 0 unspecified atom stereocenters. The maximum atomic E-state index is 12.9. The van der Waals surface area contributed by atoms with Gasteiger partial charge in [0.25, 0.3) is 0 Å². The Morgan fingerprint density at radius 3 is 3.09 bits per heavy atom. The number of amides is 1. The Kier molecular flexibility index (Phi) is 3.48. The van der Waals surface area contributed by atoms with Gasteiger partial charge in [0.05, 0.1) is 18.8 Å². The van der Waals surface area contributed by atoms with Gasteiger partial charge in [-0.05, 0) is 43.9 Å². The van der Waals surface area contributed by atoms with Crippen molar-refractivity contribution in [3.63, 3.8) is 0 Å². The maximum Gasteiger partial charge on any atom is 0.226 e. The van der Waals surface area contributed by atoms with E-state index in [2.05, 4.69) is 10.00 Å². The van der Waals surface area contributed by atoms with Gasteiger partial charge in [-0.25, -0.2) is 0 Å². The van der Waals surface area contributed by atoms with Gasteiger partial charge in [0.15, 0.2) is 0 Å². The summed E-state index contributed by atoms with van der Waals surface area (Å²) in [6.07, 6.45) is 9.77. The second-order valence-corrected chi connectivity index (χ2v) is 6.37. The Hall–Kier alpha value is -2.04. The highest BCUT2D eigenvalue weighted by atomic mass is 16.3. The van der Waals surface area contributed by atoms with Crippen LogP contribution in [0.15, 0.2) is 41.3 Å². The lowest BCUT2D eigenvalue weighted by Gasteiger charge is -2.36. The van der Waals surface area contributed by atoms with E-state index in [4.69, 9.17) is 4.42 Å². The lowest BCUT2D eigenvalue weighted by atomic mass is 10.0. The summed E-state index contributed by atoms with van der Waals surface area (Å²) in [5, 5.41) is 4.28. The van der Waals surface area contributed by atoms with E-state index in [-0.39, 0.29) is 17.9 Å². The standard InChI is InChI=1S/C17H21N3O2/c21-17(15-11-14(15)16-6-3-10-22-16)20-9-2-1-5-13(20)12-19-8-4-7-18-19/h3-4,6-8,10,13-15H,1-2,5,9,11-12H2/t13-,14+,15-/m1/s1. The molecule has 22 heavy (non-hydrogen) atoms. The van der Waals surface area contributed by atoms with Crippen molar-refractivity contribution >= 4 is 5.91 Å². The Bertz CT molecular complexity index is 620. The van der Waals surface area contributed by atoms with Crippen LogP contribution < -0.4 is 0 Å². The summed E-state index contributed by atoms with van der Waals surface area (Å²) in [4.78, 5) is 15.0. The van der Waals surface area contributed by atoms with Gasteiger partial charge in [0, 0.05) is 30.8 Å². The second-order valence-electron chi connectivity index (χ2n) is 6.37. The van der Waals surface area contributed by atoms with Crippen LogP contribution >= 0.6 is 0 Å². The molecule has 1 saturated heterocycles. The van der Waals surface area contributed by atoms with Crippen LogP contribution in [-0.4, -0.2) is 33.2 Å². The van der Waals surface area contributed by atoms with Gasteiger partial charge in [0.2, 0.25) is 5.91 Å². The monoisotopic (exact) mass is 299 g/mol. The summed E-state index contributed by atoms with van der Waals surface area (Å²) in [5.41, 5.74) is 0. The number of furan rings is 1. The van der Waals surface area contributed by atoms with Crippen LogP contribution in [0.5, 0.6) is 0 Å². The van der Waals surface area contributed by atoms with E-state index in [0.29, 0.717) is 5.91 Å². The highest BCUT2D eigenvalue weighted by molar-refractivity contribution is 5.83. The molecule has 0 aromatic carbocycles. The predicted octanol–water partition coefficient (Wildman–Crippen LogP) is 2.66. The molecule has 1 aliphatic carbocycles. The lowest BCUT2D eigenvalue weighted by molar-refractivity contribution is -0.136. The first kappa shape index (κ1) is 13.6. The molecule has 3 atom stereocenters. The Labute approximate surface area is 129 Å². The quantitative estimate of drug-likeness (QED) is 0.872. The number of piperidine rings is 1. The summed E-state index contributed by atoms with van der Waals surface area (Å²) >= 11 is 0. The third kappa shape index (κ3) is 2.56. The fourth-order valence-electron chi connectivity index (χ4n) is 3.60. The zero-order chi connectivity index (χ0) is 14.9. The van der Waals surface area contributed by atoms with Gasteiger partial charge in [0.1, 0.15) is 5.76 Å². The largest absolute Gasteiger partial charge is 0.469 e. The molecule has 3 heterocycles. The molecule has 1 amide bonds. The van der Waals surface area contributed by atoms with Crippen LogP contribution in [0.2, 0.25) is 0 Å². The minimum atomic E-state index is 0.115. The van der Waals surface area contributed by atoms with Gasteiger partial charge in [-0.1, -0.05) is 0 Å². The van der Waals surface area contributed by atoms with Gasteiger partial charge in [-0.2, -0.15) is 5.10 Å². The van der Waals surface area contributed by atoms with Crippen molar-refractivity contribution < 1.29 is 9.21 Å². The highest BCUT2D eigenvalue weighted by Gasteiger charge is 2.48. The smallest absolute Gasteiger partial charge is 0.226 e.